The largest absolute Gasteiger partial charge is 0.329 e. The molecule has 0 saturated heterocycles. The van der Waals surface area contributed by atoms with Gasteiger partial charge in [-0.2, -0.15) is 5.26 Å². The van der Waals surface area contributed by atoms with Gasteiger partial charge in [0.15, 0.2) is 0 Å². The molecule has 0 rings (SSSR count). The molecule has 0 atom stereocenters. The minimum absolute atomic E-state index is 0.0598. The van der Waals surface area contributed by atoms with Gasteiger partial charge in [0.25, 0.3) is 0 Å². The highest BCUT2D eigenvalue weighted by atomic mass is 15.2. The standard InChI is InChI=1S/C7H15N3/c1-7(2,6-9)10(3)5-4-8/h5-6,9H2,1-3H3. The number of nitrogens with zero attached hydrogens (tertiary/aromatic N) is 2. The molecule has 0 bridgehead atoms. The van der Waals surface area contributed by atoms with Gasteiger partial charge < -0.3 is 5.73 Å². The van der Waals surface area contributed by atoms with Crippen LogP contribution >= 0.6 is 0 Å². The fourth-order valence-electron chi connectivity index (χ4n) is 0.476. The zero-order valence-corrected chi connectivity index (χ0v) is 6.89. The van der Waals surface area contributed by atoms with E-state index in [1.165, 1.54) is 0 Å². The van der Waals surface area contributed by atoms with E-state index in [0.29, 0.717) is 13.1 Å². The van der Waals surface area contributed by atoms with Crippen LogP contribution in [0.1, 0.15) is 13.8 Å². The Bertz CT molecular complexity index is 134. The van der Waals surface area contributed by atoms with Gasteiger partial charge in [-0.25, -0.2) is 0 Å². The lowest BCUT2D eigenvalue weighted by Crippen LogP contribution is -2.47. The Kier molecular flexibility index (Phi) is 3.34. The first kappa shape index (κ1) is 9.41. The molecule has 0 amide bonds. The molecule has 0 aliphatic rings. The summed E-state index contributed by atoms with van der Waals surface area (Å²) in [6, 6.07) is 2.08. The van der Waals surface area contributed by atoms with Crippen LogP contribution in [0.2, 0.25) is 0 Å². The lowest BCUT2D eigenvalue weighted by Gasteiger charge is -2.32. The molecule has 0 unspecified atom stereocenters. The maximum atomic E-state index is 8.36. The van der Waals surface area contributed by atoms with Crippen LogP contribution in [0, 0.1) is 11.3 Å². The minimum atomic E-state index is -0.0598. The first-order valence-electron chi connectivity index (χ1n) is 3.33. The van der Waals surface area contributed by atoms with Crippen molar-refractivity contribution in [2.24, 2.45) is 5.73 Å². The molecule has 0 saturated carbocycles. The Hall–Kier alpha value is -0.590. The number of hydrogen-bond donors (Lipinski definition) is 1. The van der Waals surface area contributed by atoms with Gasteiger partial charge in [-0.1, -0.05) is 0 Å². The maximum absolute atomic E-state index is 8.36. The van der Waals surface area contributed by atoms with Gasteiger partial charge in [0.05, 0.1) is 12.6 Å². The summed E-state index contributed by atoms with van der Waals surface area (Å²) in [6.07, 6.45) is 0. The highest BCUT2D eigenvalue weighted by molar-refractivity contribution is 4.86. The van der Waals surface area contributed by atoms with Crippen LogP contribution in [-0.2, 0) is 0 Å². The van der Waals surface area contributed by atoms with Gasteiger partial charge >= 0.3 is 0 Å². The molecule has 3 nitrogen and oxygen atoms in total. The van der Waals surface area contributed by atoms with Crippen molar-refractivity contribution in [3.05, 3.63) is 0 Å². The van der Waals surface area contributed by atoms with Crippen LogP contribution in [0.4, 0.5) is 0 Å². The molecule has 0 aromatic heterocycles. The van der Waals surface area contributed by atoms with Crippen molar-refractivity contribution in [3.63, 3.8) is 0 Å². The first-order valence-corrected chi connectivity index (χ1v) is 3.33. The fourth-order valence-corrected chi connectivity index (χ4v) is 0.476. The van der Waals surface area contributed by atoms with E-state index < -0.39 is 0 Å². The van der Waals surface area contributed by atoms with E-state index in [0.717, 1.165) is 0 Å². The van der Waals surface area contributed by atoms with E-state index in [-0.39, 0.29) is 5.54 Å². The average molecular weight is 141 g/mol. The maximum Gasteiger partial charge on any atom is 0.0868 e. The first-order chi connectivity index (χ1) is 4.54. The molecule has 0 radical (unpaired) electrons. The quantitative estimate of drug-likeness (QED) is 0.570. The highest BCUT2D eigenvalue weighted by Crippen LogP contribution is 2.08. The Balaban J connectivity index is 3.93. The molecule has 2 N–H and O–H groups in total. The third-order valence-electron chi connectivity index (χ3n) is 1.84. The smallest absolute Gasteiger partial charge is 0.0868 e. The van der Waals surface area contributed by atoms with E-state index in [9.17, 15) is 0 Å². The minimum Gasteiger partial charge on any atom is -0.329 e. The number of nitriles is 1. The van der Waals surface area contributed by atoms with Crippen molar-refractivity contribution < 1.29 is 0 Å². The second-order valence-corrected chi connectivity index (χ2v) is 3.03. The van der Waals surface area contributed by atoms with Gasteiger partial charge in [0, 0.05) is 12.1 Å². The average Bonchev–Trinajstić information content (AvgIpc) is 1.89. The molecule has 3 heteroatoms. The summed E-state index contributed by atoms with van der Waals surface area (Å²) in [5, 5.41) is 8.36. The topological polar surface area (TPSA) is 53.0 Å². The third-order valence-corrected chi connectivity index (χ3v) is 1.84. The number of nitrogens with two attached hydrogens (primary N) is 1. The van der Waals surface area contributed by atoms with Gasteiger partial charge in [0.2, 0.25) is 0 Å². The second-order valence-electron chi connectivity index (χ2n) is 3.03. The predicted molar refractivity (Wildman–Crippen MR) is 41.4 cm³/mol. The van der Waals surface area contributed by atoms with Crippen LogP contribution in [0.5, 0.6) is 0 Å². The Labute approximate surface area is 62.4 Å². The SMILES string of the molecule is CN(CC#N)C(C)(C)CN. The molecule has 0 aromatic carbocycles. The van der Waals surface area contributed by atoms with Gasteiger partial charge in [-0.3, -0.25) is 4.90 Å². The Morgan fingerprint density at radius 1 is 1.60 bits per heavy atom. The number of hydrogen-bond acceptors (Lipinski definition) is 3. The molecular weight excluding hydrogens is 126 g/mol. The van der Waals surface area contributed by atoms with Crippen LogP contribution in [0.15, 0.2) is 0 Å². The van der Waals surface area contributed by atoms with E-state index in [2.05, 4.69) is 6.07 Å². The van der Waals surface area contributed by atoms with Crippen LogP contribution < -0.4 is 5.73 Å². The van der Waals surface area contributed by atoms with Crippen LogP contribution in [0.3, 0.4) is 0 Å². The molecule has 0 aliphatic carbocycles. The molecule has 0 spiro atoms. The van der Waals surface area contributed by atoms with E-state index in [1.54, 1.807) is 0 Å². The highest BCUT2D eigenvalue weighted by Gasteiger charge is 2.20. The molecule has 0 heterocycles. The lowest BCUT2D eigenvalue weighted by atomic mass is 10.0. The summed E-state index contributed by atoms with van der Waals surface area (Å²) < 4.78 is 0. The number of likely N-dealkylation sites (N-methyl/N-ethyl adjacent to an activating group) is 1. The summed E-state index contributed by atoms with van der Waals surface area (Å²) in [5.74, 6) is 0. The predicted octanol–water partition coefficient (Wildman–Crippen LogP) is 0.179. The number of rotatable bonds is 3. The van der Waals surface area contributed by atoms with E-state index >= 15 is 0 Å². The summed E-state index contributed by atoms with van der Waals surface area (Å²) in [6.45, 7) is 5.05. The molecule has 58 valence electrons. The summed E-state index contributed by atoms with van der Waals surface area (Å²) in [5.41, 5.74) is 5.43. The van der Waals surface area contributed by atoms with Crippen molar-refractivity contribution in [2.45, 2.75) is 19.4 Å². The fraction of sp³-hybridized carbons (Fsp3) is 0.857. The molecule has 0 fully saturated rings. The lowest BCUT2D eigenvalue weighted by molar-refractivity contribution is 0.184. The van der Waals surface area contributed by atoms with Crippen molar-refractivity contribution in [2.75, 3.05) is 20.1 Å². The molecule has 0 aliphatic heterocycles. The Morgan fingerprint density at radius 3 is 2.40 bits per heavy atom. The van der Waals surface area contributed by atoms with Crippen LogP contribution in [0.25, 0.3) is 0 Å². The van der Waals surface area contributed by atoms with Gasteiger partial charge in [-0.05, 0) is 20.9 Å². The Morgan fingerprint density at radius 2 is 2.10 bits per heavy atom. The summed E-state index contributed by atoms with van der Waals surface area (Å²) in [7, 11) is 1.90. The molecule has 10 heavy (non-hydrogen) atoms. The van der Waals surface area contributed by atoms with Crippen LogP contribution in [-0.4, -0.2) is 30.6 Å². The summed E-state index contributed by atoms with van der Waals surface area (Å²) >= 11 is 0. The van der Waals surface area contributed by atoms with E-state index in [1.807, 2.05) is 25.8 Å². The van der Waals surface area contributed by atoms with Crippen molar-refractivity contribution in [1.82, 2.24) is 4.90 Å². The van der Waals surface area contributed by atoms with Gasteiger partial charge in [-0.15, -0.1) is 0 Å². The normalized spacial score (nSPS) is 11.6. The summed E-state index contributed by atoms with van der Waals surface area (Å²) in [4.78, 5) is 1.94. The van der Waals surface area contributed by atoms with E-state index in [4.69, 9.17) is 11.0 Å². The zero-order valence-electron chi connectivity index (χ0n) is 6.89. The second kappa shape index (κ2) is 3.55. The molecular formula is C7H15N3. The zero-order chi connectivity index (χ0) is 8.20. The van der Waals surface area contributed by atoms with Crippen molar-refractivity contribution >= 4 is 0 Å². The van der Waals surface area contributed by atoms with Crippen molar-refractivity contribution in [1.29, 1.82) is 5.26 Å². The van der Waals surface area contributed by atoms with Gasteiger partial charge in [0.1, 0.15) is 0 Å². The molecule has 0 aromatic rings. The third kappa shape index (κ3) is 2.34. The monoisotopic (exact) mass is 141 g/mol. The van der Waals surface area contributed by atoms with Crippen molar-refractivity contribution in [3.8, 4) is 6.07 Å².